The summed E-state index contributed by atoms with van der Waals surface area (Å²) in [6, 6.07) is 23.2. The Labute approximate surface area is 244 Å². The number of carbonyl (C=O) groups excluding carboxylic acids is 4. The van der Waals surface area contributed by atoms with E-state index in [2.05, 4.69) is 5.32 Å². The van der Waals surface area contributed by atoms with E-state index in [1.54, 1.807) is 59.5 Å². The average Bonchev–Trinajstić information content (AvgIpc) is 3.25. The number of benzene rings is 4. The van der Waals surface area contributed by atoms with E-state index in [0.29, 0.717) is 53.0 Å². The minimum Gasteiger partial charge on any atom is -0.336 e. The largest absolute Gasteiger partial charge is 0.416 e. The Kier molecular flexibility index (Phi) is 7.05. The van der Waals surface area contributed by atoms with Gasteiger partial charge in [-0.15, -0.1) is 0 Å². The molecule has 10 heteroatoms. The van der Waals surface area contributed by atoms with Gasteiger partial charge in [0, 0.05) is 24.3 Å². The van der Waals surface area contributed by atoms with Crippen LogP contribution in [0.5, 0.6) is 0 Å². The number of imide groups is 1. The lowest BCUT2D eigenvalue weighted by molar-refractivity contribution is -0.137. The van der Waals surface area contributed by atoms with Gasteiger partial charge in [-0.3, -0.25) is 24.1 Å². The van der Waals surface area contributed by atoms with Crippen LogP contribution in [0.25, 0.3) is 11.1 Å². The fourth-order valence-corrected chi connectivity index (χ4v) is 5.43. The van der Waals surface area contributed by atoms with Gasteiger partial charge in [-0.1, -0.05) is 48.5 Å². The summed E-state index contributed by atoms with van der Waals surface area (Å²) >= 11 is 0. The lowest BCUT2D eigenvalue weighted by Crippen LogP contribution is -2.44. The monoisotopic (exact) mass is 583 g/mol. The first-order chi connectivity index (χ1) is 20.6. The molecule has 1 N–H and O–H groups in total. The number of alkyl halides is 3. The summed E-state index contributed by atoms with van der Waals surface area (Å²) in [5.41, 5.74) is 3.47. The summed E-state index contributed by atoms with van der Waals surface area (Å²) in [7, 11) is 0. The third-order valence-corrected chi connectivity index (χ3v) is 7.70. The second-order valence-corrected chi connectivity index (χ2v) is 10.4. The van der Waals surface area contributed by atoms with Crippen LogP contribution in [0, 0.1) is 0 Å². The van der Waals surface area contributed by atoms with E-state index in [0.717, 1.165) is 28.2 Å². The fraction of sp³-hybridized carbons (Fsp3) is 0.152. The van der Waals surface area contributed by atoms with Crippen molar-refractivity contribution in [2.45, 2.75) is 19.1 Å². The highest BCUT2D eigenvalue weighted by Crippen LogP contribution is 2.32. The first-order valence-corrected chi connectivity index (χ1v) is 13.5. The number of fused-ring (bicyclic) bond motifs is 2. The number of carbonyl (C=O) groups is 4. The molecule has 2 aliphatic heterocycles. The van der Waals surface area contributed by atoms with Crippen LogP contribution in [-0.4, -0.2) is 46.5 Å². The molecule has 4 aromatic carbocycles. The summed E-state index contributed by atoms with van der Waals surface area (Å²) in [4.78, 5) is 54.2. The topological polar surface area (TPSA) is 86.8 Å². The van der Waals surface area contributed by atoms with Crippen molar-refractivity contribution < 1.29 is 32.3 Å². The minimum absolute atomic E-state index is 0.292. The molecule has 7 nitrogen and oxygen atoms in total. The molecule has 0 aromatic heterocycles. The van der Waals surface area contributed by atoms with Crippen LogP contribution in [0.1, 0.15) is 47.8 Å². The Bertz CT molecular complexity index is 1750. The molecule has 4 aromatic rings. The van der Waals surface area contributed by atoms with Crippen molar-refractivity contribution in [1.29, 1.82) is 0 Å². The lowest BCUT2D eigenvalue weighted by atomic mass is 9.97. The average molecular weight is 584 g/mol. The van der Waals surface area contributed by atoms with Crippen LogP contribution in [0.15, 0.2) is 91.0 Å². The Morgan fingerprint density at radius 2 is 1.40 bits per heavy atom. The van der Waals surface area contributed by atoms with E-state index in [9.17, 15) is 32.3 Å². The van der Waals surface area contributed by atoms with Crippen molar-refractivity contribution >= 4 is 29.3 Å². The molecule has 4 amide bonds. The van der Waals surface area contributed by atoms with Gasteiger partial charge in [-0.25, -0.2) is 0 Å². The molecule has 0 radical (unpaired) electrons. The Morgan fingerprint density at radius 3 is 2.05 bits per heavy atom. The van der Waals surface area contributed by atoms with Crippen molar-refractivity contribution in [3.63, 3.8) is 0 Å². The van der Waals surface area contributed by atoms with Crippen LogP contribution >= 0.6 is 0 Å². The second-order valence-electron chi connectivity index (χ2n) is 10.4. The maximum atomic E-state index is 13.2. The van der Waals surface area contributed by atoms with E-state index >= 15 is 0 Å². The lowest BCUT2D eigenvalue weighted by Gasteiger charge is -2.30. The number of anilines is 1. The number of halogens is 3. The van der Waals surface area contributed by atoms with E-state index in [4.69, 9.17) is 0 Å². The molecule has 43 heavy (non-hydrogen) atoms. The third kappa shape index (κ3) is 5.39. The highest BCUT2D eigenvalue weighted by atomic mass is 19.4. The first-order valence-electron chi connectivity index (χ1n) is 13.5. The fourth-order valence-electron chi connectivity index (χ4n) is 5.43. The van der Waals surface area contributed by atoms with Crippen LogP contribution in [0.3, 0.4) is 0 Å². The molecule has 0 saturated carbocycles. The molecule has 0 unspecified atom stereocenters. The predicted molar refractivity (Wildman–Crippen MR) is 152 cm³/mol. The summed E-state index contributed by atoms with van der Waals surface area (Å²) in [6.45, 7) is 0.333. The summed E-state index contributed by atoms with van der Waals surface area (Å²) in [6.07, 6.45) is -3.94. The van der Waals surface area contributed by atoms with Crippen LogP contribution < -0.4 is 5.32 Å². The number of hydrogen-bond donors (Lipinski definition) is 1. The molecule has 0 bridgehead atoms. The Hall–Kier alpha value is -5.25. The SMILES string of the molecule is O=C(Nc1ccc2c(c1)CCN(C(=O)CN1C(=O)c3ccccc3C1=O)C2)c1ccccc1-c1ccc(C(F)(F)F)cc1. The molecule has 2 heterocycles. The first kappa shape index (κ1) is 27.9. The smallest absolute Gasteiger partial charge is 0.336 e. The molecule has 0 aliphatic carbocycles. The summed E-state index contributed by atoms with van der Waals surface area (Å²) in [5.74, 6) is -1.71. The highest BCUT2D eigenvalue weighted by Gasteiger charge is 2.37. The van der Waals surface area contributed by atoms with Gasteiger partial charge in [0.1, 0.15) is 6.54 Å². The standard InChI is InChI=1S/C33H24F3N3O4/c34-33(35,36)23-12-9-20(10-13-23)25-5-1-2-6-26(25)30(41)37-24-14-11-22-18-38(16-15-21(22)17-24)29(40)19-39-31(42)27-7-3-4-8-28(27)32(39)43/h1-14,17H,15-16,18-19H2,(H,37,41). The highest BCUT2D eigenvalue weighted by molar-refractivity contribution is 6.22. The van der Waals surface area contributed by atoms with E-state index in [1.807, 2.05) is 12.1 Å². The Balaban J connectivity index is 1.13. The Morgan fingerprint density at radius 1 is 0.767 bits per heavy atom. The molecule has 0 spiro atoms. The minimum atomic E-state index is -4.45. The van der Waals surface area contributed by atoms with Crippen molar-refractivity contribution in [1.82, 2.24) is 9.80 Å². The zero-order valence-electron chi connectivity index (χ0n) is 22.6. The quantitative estimate of drug-likeness (QED) is 0.301. The van der Waals surface area contributed by atoms with Crippen molar-refractivity contribution in [2.75, 3.05) is 18.4 Å². The van der Waals surface area contributed by atoms with E-state index < -0.39 is 29.5 Å². The van der Waals surface area contributed by atoms with Gasteiger partial charge < -0.3 is 10.2 Å². The van der Waals surface area contributed by atoms with E-state index in [-0.39, 0.29) is 12.5 Å². The number of hydrogen-bond acceptors (Lipinski definition) is 4. The summed E-state index contributed by atoms with van der Waals surface area (Å²) < 4.78 is 39.0. The normalized spacial score (nSPS) is 14.4. The van der Waals surface area contributed by atoms with Crippen LogP contribution in [0.2, 0.25) is 0 Å². The molecule has 216 valence electrons. The third-order valence-electron chi connectivity index (χ3n) is 7.70. The van der Waals surface area contributed by atoms with Crippen LogP contribution in [0.4, 0.5) is 18.9 Å². The van der Waals surface area contributed by atoms with E-state index in [1.165, 1.54) is 12.1 Å². The molecule has 0 saturated heterocycles. The number of nitrogens with one attached hydrogen (secondary N) is 1. The number of amides is 4. The van der Waals surface area contributed by atoms with Gasteiger partial charge in [0.15, 0.2) is 0 Å². The van der Waals surface area contributed by atoms with Crippen LogP contribution in [-0.2, 0) is 23.9 Å². The van der Waals surface area contributed by atoms with Gasteiger partial charge in [0.2, 0.25) is 5.91 Å². The number of nitrogens with zero attached hydrogens (tertiary/aromatic N) is 2. The van der Waals surface area contributed by atoms with Gasteiger partial charge in [-0.2, -0.15) is 13.2 Å². The predicted octanol–water partition coefficient (Wildman–Crippen LogP) is 5.81. The van der Waals surface area contributed by atoms with Gasteiger partial charge >= 0.3 is 6.18 Å². The molecule has 2 aliphatic rings. The molecule has 6 rings (SSSR count). The zero-order valence-corrected chi connectivity index (χ0v) is 22.6. The molecular weight excluding hydrogens is 559 g/mol. The molecule has 0 fully saturated rings. The van der Waals surface area contributed by atoms with Crippen molar-refractivity contribution in [3.8, 4) is 11.1 Å². The van der Waals surface area contributed by atoms with Gasteiger partial charge in [0.25, 0.3) is 17.7 Å². The van der Waals surface area contributed by atoms with Crippen molar-refractivity contribution in [2.24, 2.45) is 0 Å². The summed E-state index contributed by atoms with van der Waals surface area (Å²) in [5, 5.41) is 2.87. The second kappa shape index (κ2) is 10.9. The van der Waals surface area contributed by atoms with Crippen molar-refractivity contribution in [3.05, 3.63) is 124 Å². The maximum Gasteiger partial charge on any atom is 0.416 e. The molecule has 0 atom stereocenters. The van der Waals surface area contributed by atoms with Gasteiger partial charge in [0.05, 0.1) is 16.7 Å². The number of rotatable bonds is 5. The van der Waals surface area contributed by atoms with Gasteiger partial charge in [-0.05, 0) is 71.1 Å². The maximum absolute atomic E-state index is 13.2. The molecular formula is C33H24F3N3O4. The zero-order chi connectivity index (χ0) is 30.3.